The van der Waals surface area contributed by atoms with Gasteiger partial charge in [-0.05, 0) is 64.4 Å². The number of hydrogen-bond acceptors (Lipinski definition) is 6. The molecule has 0 N–H and O–H groups in total. The minimum atomic E-state index is -0.220. The quantitative estimate of drug-likeness (QED) is 0.564. The molecule has 0 bridgehead atoms. The Morgan fingerprint density at radius 3 is 2.35 bits per heavy atom. The first-order valence-corrected chi connectivity index (χ1v) is 11.5. The number of imidazole rings is 1. The molecule has 1 aliphatic heterocycles. The van der Waals surface area contributed by atoms with E-state index in [1.165, 1.54) is 4.90 Å². The normalized spacial score (nSPS) is 13.9. The van der Waals surface area contributed by atoms with E-state index >= 15 is 0 Å². The van der Waals surface area contributed by atoms with Crippen molar-refractivity contribution in [2.45, 2.75) is 34.6 Å². The van der Waals surface area contributed by atoms with Crippen LogP contribution in [0.1, 0.15) is 36.6 Å². The molecule has 3 heterocycles. The summed E-state index contributed by atoms with van der Waals surface area (Å²) in [5, 5.41) is 9.29. The molecule has 0 radical (unpaired) electrons. The van der Waals surface area contributed by atoms with Gasteiger partial charge in [-0.15, -0.1) is 0 Å². The number of aryl methyl sites for hydroxylation is 4. The van der Waals surface area contributed by atoms with E-state index in [1.807, 2.05) is 44.6 Å². The fraction of sp³-hybridized carbons (Fsp3) is 0.400. The minimum absolute atomic E-state index is 0.220. The van der Waals surface area contributed by atoms with E-state index in [0.29, 0.717) is 11.5 Å². The number of rotatable bonds is 6. The second-order valence-electron chi connectivity index (χ2n) is 8.73. The third-order valence-electron chi connectivity index (χ3n) is 6.17. The Hall–Kier alpha value is -3.75. The maximum atomic E-state index is 13.1. The Morgan fingerprint density at radius 2 is 1.79 bits per heavy atom. The number of hydrogen-bond donors (Lipinski definition) is 0. The maximum absolute atomic E-state index is 13.1. The monoisotopic (exact) mass is 460 g/mol. The lowest BCUT2D eigenvalue weighted by molar-refractivity contribution is -0.121. The van der Waals surface area contributed by atoms with Gasteiger partial charge >= 0.3 is 0 Å². The number of carbonyl (C=O) groups excluding carboxylic acids is 1. The molecule has 2 aromatic heterocycles. The number of anilines is 1. The van der Waals surface area contributed by atoms with Crippen molar-refractivity contribution < 1.29 is 4.79 Å². The van der Waals surface area contributed by atoms with Crippen molar-refractivity contribution in [1.29, 1.82) is 0 Å². The van der Waals surface area contributed by atoms with E-state index in [2.05, 4.69) is 41.1 Å². The summed E-state index contributed by atoms with van der Waals surface area (Å²) in [6.07, 6.45) is 0. The molecule has 1 aliphatic rings. The average Bonchev–Trinajstić information content (AvgIpc) is 3.41. The van der Waals surface area contributed by atoms with Gasteiger partial charge < -0.3 is 9.80 Å². The van der Waals surface area contributed by atoms with Crippen LogP contribution in [0.3, 0.4) is 0 Å². The lowest BCUT2D eigenvalue weighted by Gasteiger charge is -2.21. The predicted molar refractivity (Wildman–Crippen MR) is 136 cm³/mol. The standard InChI is InChI=1S/C25H32N8O/c1-9-32(10-2)18-11-12-19(15(3)13-18)27-21-22(25(34)30(6)7)29-33-23(17(5)26-24(21)33)20-14-16(4)31(8)28-20/h11-14H,9-10H2,1-8H3/b27-21-. The smallest absolute Gasteiger partial charge is 0.276 e. The van der Waals surface area contributed by atoms with Crippen LogP contribution in [0, 0.1) is 20.8 Å². The molecule has 1 amide bonds. The number of aromatic nitrogens is 4. The molecule has 1 aromatic carbocycles. The van der Waals surface area contributed by atoms with Crippen molar-refractivity contribution >= 4 is 28.7 Å². The Bertz CT molecular complexity index is 1300. The highest BCUT2D eigenvalue weighted by atomic mass is 16.2. The van der Waals surface area contributed by atoms with Crippen molar-refractivity contribution in [1.82, 2.24) is 24.3 Å². The Morgan fingerprint density at radius 1 is 1.09 bits per heavy atom. The van der Waals surface area contributed by atoms with Crippen LogP contribution in [-0.2, 0) is 11.8 Å². The van der Waals surface area contributed by atoms with Gasteiger partial charge in [-0.1, -0.05) is 0 Å². The van der Waals surface area contributed by atoms with Gasteiger partial charge in [-0.3, -0.25) is 9.48 Å². The molecule has 4 rings (SSSR count). The molecule has 0 saturated heterocycles. The summed E-state index contributed by atoms with van der Waals surface area (Å²) in [5.41, 5.74) is 7.04. The van der Waals surface area contributed by atoms with Crippen LogP contribution < -0.4 is 4.90 Å². The van der Waals surface area contributed by atoms with E-state index < -0.39 is 0 Å². The van der Waals surface area contributed by atoms with Crippen LogP contribution in [0.25, 0.3) is 11.4 Å². The van der Waals surface area contributed by atoms with Crippen molar-refractivity contribution in [3.05, 3.63) is 47.0 Å². The fourth-order valence-electron chi connectivity index (χ4n) is 4.12. The van der Waals surface area contributed by atoms with Crippen molar-refractivity contribution in [3.8, 4) is 11.4 Å². The lowest BCUT2D eigenvalue weighted by Crippen LogP contribution is -2.34. The molecule has 0 saturated carbocycles. The topological polar surface area (TPSA) is 83.9 Å². The van der Waals surface area contributed by atoms with E-state index in [-0.39, 0.29) is 11.6 Å². The van der Waals surface area contributed by atoms with Gasteiger partial charge in [-0.25, -0.2) is 14.7 Å². The summed E-state index contributed by atoms with van der Waals surface area (Å²) < 4.78 is 3.52. The van der Waals surface area contributed by atoms with Crippen LogP contribution in [-0.4, -0.2) is 68.9 Å². The van der Waals surface area contributed by atoms with Crippen molar-refractivity contribution in [2.75, 3.05) is 32.1 Å². The lowest BCUT2D eigenvalue weighted by atomic mass is 10.1. The fourth-order valence-corrected chi connectivity index (χ4v) is 4.12. The van der Waals surface area contributed by atoms with Gasteiger partial charge in [0.05, 0.1) is 11.4 Å². The zero-order valence-corrected chi connectivity index (χ0v) is 21.2. The summed E-state index contributed by atoms with van der Waals surface area (Å²) in [5.74, 6) is 0.329. The van der Waals surface area contributed by atoms with Gasteiger partial charge in [-0.2, -0.15) is 10.2 Å². The third kappa shape index (κ3) is 3.91. The maximum Gasteiger partial charge on any atom is 0.276 e. The Kier molecular flexibility index (Phi) is 6.12. The van der Waals surface area contributed by atoms with E-state index in [1.54, 1.807) is 18.8 Å². The summed E-state index contributed by atoms with van der Waals surface area (Å²) in [4.78, 5) is 26.5. The second kappa shape index (κ2) is 8.89. The number of nitrogens with zero attached hydrogens (tertiary/aromatic N) is 8. The second-order valence-corrected chi connectivity index (χ2v) is 8.73. The molecular formula is C25H32N8O. The van der Waals surface area contributed by atoms with Crippen molar-refractivity contribution in [3.63, 3.8) is 0 Å². The molecule has 9 heteroatoms. The Labute approximate surface area is 200 Å². The molecule has 0 atom stereocenters. The molecule has 0 aliphatic carbocycles. The molecule has 0 spiro atoms. The zero-order valence-electron chi connectivity index (χ0n) is 21.2. The minimum Gasteiger partial charge on any atom is -0.372 e. The number of amides is 1. The van der Waals surface area contributed by atoms with E-state index in [0.717, 1.165) is 52.8 Å². The summed E-state index contributed by atoms with van der Waals surface area (Å²) >= 11 is 0. The number of fused-ring (bicyclic) bond motifs is 1. The van der Waals surface area contributed by atoms with Gasteiger partial charge in [0.25, 0.3) is 5.91 Å². The van der Waals surface area contributed by atoms with Crippen LogP contribution in [0.15, 0.2) is 34.4 Å². The first kappa shape index (κ1) is 23.4. The molecule has 178 valence electrons. The summed E-state index contributed by atoms with van der Waals surface area (Å²) in [7, 11) is 5.32. The molecule has 3 aromatic rings. The van der Waals surface area contributed by atoms with E-state index in [9.17, 15) is 4.79 Å². The third-order valence-corrected chi connectivity index (χ3v) is 6.17. The van der Waals surface area contributed by atoms with Gasteiger partial charge in [0, 0.05) is 45.6 Å². The molecule has 0 unspecified atom stereocenters. The molecule has 9 nitrogen and oxygen atoms in total. The number of aliphatic imine (C=N–C) groups is 1. The zero-order chi connectivity index (χ0) is 24.7. The largest absolute Gasteiger partial charge is 0.372 e. The highest BCUT2D eigenvalue weighted by molar-refractivity contribution is 6.70. The van der Waals surface area contributed by atoms with Gasteiger partial charge in [0.15, 0.2) is 11.5 Å². The average molecular weight is 461 g/mol. The van der Waals surface area contributed by atoms with Crippen molar-refractivity contribution in [2.24, 2.45) is 17.1 Å². The molecule has 34 heavy (non-hydrogen) atoms. The summed E-state index contributed by atoms with van der Waals surface area (Å²) in [6.45, 7) is 12.1. The molecular weight excluding hydrogens is 428 g/mol. The highest BCUT2D eigenvalue weighted by Gasteiger charge is 2.34. The first-order valence-electron chi connectivity index (χ1n) is 11.5. The first-order chi connectivity index (χ1) is 16.2. The highest BCUT2D eigenvalue weighted by Crippen LogP contribution is 2.31. The predicted octanol–water partition coefficient (Wildman–Crippen LogP) is 3.48. The number of carbonyl (C=O) groups is 1. The van der Waals surface area contributed by atoms with Gasteiger partial charge in [0.2, 0.25) is 0 Å². The van der Waals surface area contributed by atoms with Gasteiger partial charge in [0.1, 0.15) is 17.1 Å². The SMILES string of the molecule is CCN(CC)c1ccc(/N=C2/C(C(=O)N(C)C)=Nn3c2nc(C)c3-c2cc(C)n(C)n2)c(C)c1. The number of benzene rings is 1. The van der Waals surface area contributed by atoms with Crippen LogP contribution in [0.4, 0.5) is 11.4 Å². The van der Waals surface area contributed by atoms with E-state index in [4.69, 9.17) is 9.98 Å². The van der Waals surface area contributed by atoms with Crippen LogP contribution in [0.2, 0.25) is 0 Å². The van der Waals surface area contributed by atoms with Crippen LogP contribution >= 0.6 is 0 Å². The Balaban J connectivity index is 1.87. The molecule has 0 fully saturated rings. The summed E-state index contributed by atoms with van der Waals surface area (Å²) in [6, 6.07) is 8.19. The van der Waals surface area contributed by atoms with Crippen LogP contribution in [0.5, 0.6) is 0 Å².